The minimum absolute atomic E-state index is 0.0346. The molecule has 3 aromatic rings. The van der Waals surface area contributed by atoms with Crippen molar-refractivity contribution in [2.75, 3.05) is 0 Å². The number of aryl methyl sites for hydroxylation is 2. The van der Waals surface area contributed by atoms with Crippen LogP contribution in [0.5, 0.6) is 0 Å². The molecular weight excluding hydrogens is 314 g/mol. The molecule has 0 fully saturated rings. The number of benzene rings is 1. The molecule has 0 spiro atoms. The van der Waals surface area contributed by atoms with Gasteiger partial charge in [0.25, 0.3) is 5.69 Å². The van der Waals surface area contributed by atoms with E-state index in [1.165, 1.54) is 30.3 Å². The molecule has 23 heavy (non-hydrogen) atoms. The van der Waals surface area contributed by atoms with Crippen molar-refractivity contribution in [2.24, 2.45) is 0 Å². The molecule has 0 atom stereocenters. The van der Waals surface area contributed by atoms with Crippen LogP contribution in [-0.4, -0.2) is 20.1 Å². The SMILES string of the molecule is Cc1cn2c(/C=C/C(=O)c3ccc([N+](=O)[O-])cc3)c(C)nc2s1. The zero-order valence-electron chi connectivity index (χ0n) is 12.5. The first-order chi connectivity index (χ1) is 11.0. The number of nitrogens with zero attached hydrogens (tertiary/aromatic N) is 3. The Kier molecular flexibility index (Phi) is 3.79. The largest absolute Gasteiger partial charge is 0.290 e. The molecule has 2 heterocycles. The number of aromatic nitrogens is 2. The molecule has 116 valence electrons. The molecule has 0 N–H and O–H groups in total. The van der Waals surface area contributed by atoms with Crippen LogP contribution in [0.1, 0.15) is 26.6 Å². The highest BCUT2D eigenvalue weighted by molar-refractivity contribution is 7.17. The molecule has 0 aliphatic carbocycles. The summed E-state index contributed by atoms with van der Waals surface area (Å²) in [7, 11) is 0. The van der Waals surface area contributed by atoms with Gasteiger partial charge in [-0.05, 0) is 38.1 Å². The maximum absolute atomic E-state index is 12.2. The van der Waals surface area contributed by atoms with E-state index in [0.717, 1.165) is 21.2 Å². The van der Waals surface area contributed by atoms with Crippen molar-refractivity contribution in [2.45, 2.75) is 13.8 Å². The van der Waals surface area contributed by atoms with E-state index in [9.17, 15) is 14.9 Å². The molecule has 0 saturated carbocycles. The van der Waals surface area contributed by atoms with Crippen LogP contribution in [0.4, 0.5) is 5.69 Å². The van der Waals surface area contributed by atoms with Crippen LogP contribution in [0.15, 0.2) is 36.5 Å². The van der Waals surface area contributed by atoms with Gasteiger partial charge in [0.05, 0.1) is 16.3 Å². The number of nitro groups is 1. The molecule has 7 heteroatoms. The molecule has 0 unspecified atom stereocenters. The number of thiazole rings is 1. The number of rotatable bonds is 4. The van der Waals surface area contributed by atoms with Crippen LogP contribution in [0.25, 0.3) is 11.0 Å². The number of allylic oxidation sites excluding steroid dienone is 1. The van der Waals surface area contributed by atoms with E-state index in [1.807, 2.05) is 24.4 Å². The first kappa shape index (κ1) is 15.1. The fraction of sp³-hybridized carbons (Fsp3) is 0.125. The molecule has 0 aliphatic heterocycles. The first-order valence-electron chi connectivity index (χ1n) is 6.87. The second-order valence-corrected chi connectivity index (χ2v) is 6.29. The predicted octanol–water partition coefficient (Wildman–Crippen LogP) is 3.82. The zero-order valence-corrected chi connectivity index (χ0v) is 13.3. The summed E-state index contributed by atoms with van der Waals surface area (Å²) in [6, 6.07) is 5.56. The summed E-state index contributed by atoms with van der Waals surface area (Å²) in [6.45, 7) is 3.90. The number of hydrogen-bond donors (Lipinski definition) is 0. The van der Waals surface area contributed by atoms with E-state index in [4.69, 9.17) is 0 Å². The summed E-state index contributed by atoms with van der Waals surface area (Å²) in [4.78, 5) is 28.8. The Bertz CT molecular complexity index is 936. The van der Waals surface area contributed by atoms with Crippen LogP contribution in [-0.2, 0) is 0 Å². The van der Waals surface area contributed by atoms with Crippen LogP contribution in [0.2, 0.25) is 0 Å². The summed E-state index contributed by atoms with van der Waals surface area (Å²) in [5.41, 5.74) is 2.09. The number of ketones is 1. The van der Waals surface area contributed by atoms with E-state index in [1.54, 1.807) is 17.4 Å². The fourth-order valence-corrected chi connectivity index (χ4v) is 3.16. The normalized spacial score (nSPS) is 11.4. The highest BCUT2D eigenvalue weighted by Crippen LogP contribution is 2.22. The third kappa shape index (κ3) is 2.91. The lowest BCUT2D eigenvalue weighted by atomic mass is 10.1. The van der Waals surface area contributed by atoms with Crippen molar-refractivity contribution >= 4 is 33.8 Å². The number of hydrogen-bond acceptors (Lipinski definition) is 5. The maximum Gasteiger partial charge on any atom is 0.269 e. The molecule has 0 radical (unpaired) electrons. The van der Waals surface area contributed by atoms with Gasteiger partial charge in [-0.15, -0.1) is 11.3 Å². The average Bonchev–Trinajstić information content (AvgIpc) is 3.00. The van der Waals surface area contributed by atoms with Crippen LogP contribution < -0.4 is 0 Å². The molecule has 1 aromatic carbocycles. The molecule has 2 aromatic heterocycles. The Balaban J connectivity index is 1.87. The number of carbonyl (C=O) groups is 1. The van der Waals surface area contributed by atoms with Gasteiger partial charge in [0.15, 0.2) is 10.7 Å². The van der Waals surface area contributed by atoms with Crippen molar-refractivity contribution in [3.63, 3.8) is 0 Å². The van der Waals surface area contributed by atoms with Gasteiger partial charge in [-0.25, -0.2) is 4.98 Å². The van der Waals surface area contributed by atoms with Crippen molar-refractivity contribution in [1.29, 1.82) is 0 Å². The highest BCUT2D eigenvalue weighted by atomic mass is 32.1. The number of carbonyl (C=O) groups excluding carboxylic acids is 1. The highest BCUT2D eigenvalue weighted by Gasteiger charge is 2.10. The minimum Gasteiger partial charge on any atom is -0.290 e. The average molecular weight is 327 g/mol. The summed E-state index contributed by atoms with van der Waals surface area (Å²) in [5.74, 6) is -0.207. The van der Waals surface area contributed by atoms with E-state index in [-0.39, 0.29) is 11.5 Å². The minimum atomic E-state index is -0.491. The molecular formula is C16H13N3O3S. The van der Waals surface area contributed by atoms with Crippen LogP contribution >= 0.6 is 11.3 Å². The van der Waals surface area contributed by atoms with E-state index >= 15 is 0 Å². The van der Waals surface area contributed by atoms with Gasteiger partial charge < -0.3 is 0 Å². The summed E-state index contributed by atoms with van der Waals surface area (Å²) < 4.78 is 1.95. The molecule has 0 amide bonds. The zero-order chi connectivity index (χ0) is 16.6. The smallest absolute Gasteiger partial charge is 0.269 e. The molecule has 3 rings (SSSR count). The van der Waals surface area contributed by atoms with Gasteiger partial charge in [-0.3, -0.25) is 19.3 Å². The predicted molar refractivity (Wildman–Crippen MR) is 89.0 cm³/mol. The van der Waals surface area contributed by atoms with Crippen molar-refractivity contribution in [3.8, 4) is 0 Å². The summed E-state index contributed by atoms with van der Waals surface area (Å²) in [5, 5.41) is 10.6. The number of non-ortho nitro benzene ring substituents is 1. The Morgan fingerprint density at radius 2 is 2.00 bits per heavy atom. The second-order valence-electron chi connectivity index (χ2n) is 5.08. The monoisotopic (exact) mass is 327 g/mol. The molecule has 6 nitrogen and oxygen atoms in total. The van der Waals surface area contributed by atoms with Gasteiger partial charge in [0, 0.05) is 28.8 Å². The van der Waals surface area contributed by atoms with Gasteiger partial charge in [0.1, 0.15) is 0 Å². The Morgan fingerprint density at radius 1 is 1.30 bits per heavy atom. The van der Waals surface area contributed by atoms with Gasteiger partial charge in [-0.1, -0.05) is 0 Å². The van der Waals surface area contributed by atoms with Gasteiger partial charge >= 0.3 is 0 Å². The Morgan fingerprint density at radius 3 is 2.65 bits per heavy atom. The van der Waals surface area contributed by atoms with Crippen LogP contribution in [0, 0.1) is 24.0 Å². The number of fused-ring (bicyclic) bond motifs is 1. The summed E-state index contributed by atoms with van der Waals surface area (Å²) in [6.07, 6.45) is 5.17. The second kappa shape index (κ2) is 5.77. The van der Waals surface area contributed by atoms with E-state index in [0.29, 0.717) is 5.56 Å². The van der Waals surface area contributed by atoms with Crippen molar-refractivity contribution < 1.29 is 9.72 Å². The molecule has 0 saturated heterocycles. The van der Waals surface area contributed by atoms with Crippen LogP contribution in [0.3, 0.4) is 0 Å². The van der Waals surface area contributed by atoms with Gasteiger partial charge in [-0.2, -0.15) is 0 Å². The van der Waals surface area contributed by atoms with Crippen molar-refractivity contribution in [1.82, 2.24) is 9.38 Å². The number of imidazole rings is 1. The third-order valence-electron chi connectivity index (χ3n) is 3.42. The maximum atomic E-state index is 12.2. The van der Waals surface area contributed by atoms with Crippen molar-refractivity contribution in [3.05, 3.63) is 68.5 Å². The Labute approximate surface area is 135 Å². The van der Waals surface area contributed by atoms with E-state index < -0.39 is 4.92 Å². The fourth-order valence-electron chi connectivity index (χ4n) is 2.28. The van der Waals surface area contributed by atoms with E-state index in [2.05, 4.69) is 4.98 Å². The van der Waals surface area contributed by atoms with Gasteiger partial charge in [0.2, 0.25) is 0 Å². The third-order valence-corrected chi connectivity index (χ3v) is 4.32. The lowest BCUT2D eigenvalue weighted by Crippen LogP contribution is -1.95. The standard InChI is InChI=1S/C16H13N3O3S/c1-10-9-18-14(11(2)17-16(18)23-10)7-8-15(20)12-3-5-13(6-4-12)19(21)22/h3-9H,1-2H3/b8-7+. The molecule has 0 aliphatic rings. The molecule has 0 bridgehead atoms. The quantitative estimate of drug-likeness (QED) is 0.316. The topological polar surface area (TPSA) is 77.5 Å². The lowest BCUT2D eigenvalue weighted by Gasteiger charge is -1.96. The lowest BCUT2D eigenvalue weighted by molar-refractivity contribution is -0.384. The Hall–Kier alpha value is -2.80. The summed E-state index contributed by atoms with van der Waals surface area (Å²) >= 11 is 1.59. The first-order valence-corrected chi connectivity index (χ1v) is 7.69. The number of nitro benzene ring substituents is 1.